The second kappa shape index (κ2) is 7.44. The van der Waals surface area contributed by atoms with Crippen LogP contribution in [-0.2, 0) is 19.6 Å². The van der Waals surface area contributed by atoms with E-state index in [1.54, 1.807) is 13.8 Å². The molecule has 2 N–H and O–H groups in total. The summed E-state index contributed by atoms with van der Waals surface area (Å²) in [6.45, 7) is 4.77. The van der Waals surface area contributed by atoms with Gasteiger partial charge in [-0.1, -0.05) is 13.8 Å². The second-order valence-electron chi connectivity index (χ2n) is 4.37. The summed E-state index contributed by atoms with van der Waals surface area (Å²) in [5, 5.41) is 8.96. The van der Waals surface area contributed by atoms with Crippen LogP contribution in [0.5, 0.6) is 0 Å². The predicted molar refractivity (Wildman–Crippen MR) is 71.2 cm³/mol. The van der Waals surface area contributed by atoms with E-state index in [4.69, 9.17) is 5.11 Å². The van der Waals surface area contributed by atoms with Gasteiger partial charge in [0.2, 0.25) is 15.9 Å². The molecule has 0 aliphatic heterocycles. The van der Waals surface area contributed by atoms with Gasteiger partial charge < -0.3 is 10.0 Å². The van der Waals surface area contributed by atoms with Gasteiger partial charge >= 0.3 is 5.97 Å². The molecule has 2 atom stereocenters. The number of rotatable bonds is 8. The number of carboxylic acid groups (broad SMARTS) is 1. The minimum Gasteiger partial charge on any atom is -0.480 e. The first-order valence-corrected chi connectivity index (χ1v) is 7.81. The van der Waals surface area contributed by atoms with Crippen molar-refractivity contribution in [2.75, 3.05) is 12.8 Å². The standard InChI is InChI=1S/C11H22N2O5S/c1-5-7-19(17,18)12-8(3)10(14)13(4)9(6-2)11(15)16/h8-9,12H,5-7H2,1-4H3,(H,15,16). The predicted octanol–water partition coefficient (Wildman–Crippen LogP) is 0.0259. The third-order valence-corrected chi connectivity index (χ3v) is 4.34. The maximum Gasteiger partial charge on any atom is 0.326 e. The number of sulfonamides is 1. The zero-order valence-corrected chi connectivity index (χ0v) is 12.5. The molecular formula is C11H22N2O5S. The summed E-state index contributed by atoms with van der Waals surface area (Å²) in [7, 11) is -2.15. The summed E-state index contributed by atoms with van der Waals surface area (Å²) in [6.07, 6.45) is 0.699. The van der Waals surface area contributed by atoms with E-state index in [-0.39, 0.29) is 12.2 Å². The highest BCUT2D eigenvalue weighted by Crippen LogP contribution is 2.05. The van der Waals surface area contributed by atoms with Crippen LogP contribution in [0.15, 0.2) is 0 Å². The van der Waals surface area contributed by atoms with Crippen LogP contribution in [0.3, 0.4) is 0 Å². The number of carboxylic acids is 1. The third kappa shape index (κ3) is 5.56. The highest BCUT2D eigenvalue weighted by molar-refractivity contribution is 7.89. The Morgan fingerprint density at radius 1 is 1.32 bits per heavy atom. The molecule has 19 heavy (non-hydrogen) atoms. The lowest BCUT2D eigenvalue weighted by Crippen LogP contribution is -2.51. The van der Waals surface area contributed by atoms with Gasteiger partial charge in [-0.3, -0.25) is 4.79 Å². The number of hydrogen-bond acceptors (Lipinski definition) is 4. The fourth-order valence-electron chi connectivity index (χ4n) is 1.72. The normalized spacial score (nSPS) is 14.7. The van der Waals surface area contributed by atoms with Gasteiger partial charge in [0.05, 0.1) is 11.8 Å². The van der Waals surface area contributed by atoms with Crippen molar-refractivity contribution < 1.29 is 23.1 Å². The average molecular weight is 294 g/mol. The van der Waals surface area contributed by atoms with Crippen molar-refractivity contribution in [3.63, 3.8) is 0 Å². The fourth-order valence-corrected chi connectivity index (χ4v) is 3.02. The maximum atomic E-state index is 12.0. The smallest absolute Gasteiger partial charge is 0.326 e. The Morgan fingerprint density at radius 2 is 1.84 bits per heavy atom. The summed E-state index contributed by atoms with van der Waals surface area (Å²) in [5.74, 6) is -1.74. The SMILES string of the molecule is CCCS(=O)(=O)NC(C)C(=O)N(C)C(CC)C(=O)O. The number of amides is 1. The number of carbonyl (C=O) groups excluding carboxylic acids is 1. The molecule has 0 saturated heterocycles. The number of nitrogens with one attached hydrogen (secondary N) is 1. The van der Waals surface area contributed by atoms with Crippen LogP contribution in [0, 0.1) is 0 Å². The Morgan fingerprint density at radius 3 is 2.21 bits per heavy atom. The van der Waals surface area contributed by atoms with Gasteiger partial charge in [-0.25, -0.2) is 17.9 Å². The Kier molecular flexibility index (Phi) is 6.99. The maximum absolute atomic E-state index is 12.0. The molecule has 0 aromatic carbocycles. The molecule has 0 aromatic rings. The molecule has 0 rings (SSSR count). The van der Waals surface area contributed by atoms with E-state index in [1.165, 1.54) is 14.0 Å². The summed E-state index contributed by atoms with van der Waals surface area (Å²) in [4.78, 5) is 24.0. The molecule has 0 radical (unpaired) electrons. The van der Waals surface area contributed by atoms with Crippen molar-refractivity contribution in [3.05, 3.63) is 0 Å². The van der Waals surface area contributed by atoms with E-state index in [0.29, 0.717) is 6.42 Å². The monoisotopic (exact) mass is 294 g/mol. The van der Waals surface area contributed by atoms with Crippen LogP contribution in [-0.4, -0.2) is 55.2 Å². The molecule has 1 amide bonds. The van der Waals surface area contributed by atoms with Crippen LogP contribution in [0.1, 0.15) is 33.6 Å². The lowest BCUT2D eigenvalue weighted by Gasteiger charge is -2.26. The Hall–Kier alpha value is -1.15. The third-order valence-electron chi connectivity index (χ3n) is 2.69. The van der Waals surface area contributed by atoms with E-state index < -0.39 is 34.0 Å². The van der Waals surface area contributed by atoms with Gasteiger partial charge in [-0.05, 0) is 19.8 Å². The molecule has 0 heterocycles. The molecule has 2 unspecified atom stereocenters. The molecule has 7 nitrogen and oxygen atoms in total. The van der Waals surface area contributed by atoms with Gasteiger partial charge in [0.25, 0.3) is 0 Å². The molecule has 0 bridgehead atoms. The minimum absolute atomic E-state index is 0.0650. The summed E-state index contributed by atoms with van der Waals surface area (Å²) < 4.78 is 25.3. The molecule has 0 aliphatic rings. The first-order chi connectivity index (χ1) is 8.66. The van der Waals surface area contributed by atoms with Crippen molar-refractivity contribution in [1.82, 2.24) is 9.62 Å². The zero-order valence-electron chi connectivity index (χ0n) is 11.7. The van der Waals surface area contributed by atoms with E-state index in [0.717, 1.165) is 4.90 Å². The van der Waals surface area contributed by atoms with Gasteiger partial charge in [0, 0.05) is 7.05 Å². The van der Waals surface area contributed by atoms with Crippen LogP contribution in [0.4, 0.5) is 0 Å². The van der Waals surface area contributed by atoms with Crippen molar-refractivity contribution in [2.24, 2.45) is 0 Å². The lowest BCUT2D eigenvalue weighted by atomic mass is 10.2. The average Bonchev–Trinajstić information content (AvgIpc) is 2.27. The molecule has 112 valence electrons. The first kappa shape index (κ1) is 17.8. The van der Waals surface area contributed by atoms with E-state index in [1.807, 2.05) is 0 Å². The second-order valence-corrected chi connectivity index (χ2v) is 6.24. The Labute approximate surface area is 114 Å². The molecule has 0 aromatic heterocycles. The van der Waals surface area contributed by atoms with Gasteiger partial charge in [-0.2, -0.15) is 0 Å². The topological polar surface area (TPSA) is 104 Å². The lowest BCUT2D eigenvalue weighted by molar-refractivity contribution is -0.149. The van der Waals surface area contributed by atoms with Crippen molar-refractivity contribution >= 4 is 21.9 Å². The molecular weight excluding hydrogens is 272 g/mol. The van der Waals surface area contributed by atoms with Gasteiger partial charge in [0.1, 0.15) is 6.04 Å². The molecule has 0 spiro atoms. The van der Waals surface area contributed by atoms with Gasteiger partial charge in [-0.15, -0.1) is 0 Å². The van der Waals surface area contributed by atoms with Crippen molar-refractivity contribution in [3.8, 4) is 0 Å². The van der Waals surface area contributed by atoms with E-state index in [9.17, 15) is 18.0 Å². The summed E-state index contributed by atoms with van der Waals surface area (Å²) in [5.41, 5.74) is 0. The molecule has 8 heteroatoms. The molecule has 0 aliphatic carbocycles. The van der Waals surface area contributed by atoms with Crippen LogP contribution >= 0.6 is 0 Å². The quantitative estimate of drug-likeness (QED) is 0.657. The van der Waals surface area contributed by atoms with Crippen LogP contribution in [0.25, 0.3) is 0 Å². The van der Waals surface area contributed by atoms with Crippen molar-refractivity contribution in [1.29, 1.82) is 0 Å². The van der Waals surface area contributed by atoms with E-state index >= 15 is 0 Å². The van der Waals surface area contributed by atoms with Crippen LogP contribution in [0.2, 0.25) is 0 Å². The zero-order chi connectivity index (χ0) is 15.2. The Bertz CT molecular complexity index is 421. The number of carbonyl (C=O) groups is 2. The minimum atomic E-state index is -3.51. The molecule has 0 saturated carbocycles. The first-order valence-electron chi connectivity index (χ1n) is 6.15. The fraction of sp³-hybridized carbons (Fsp3) is 0.818. The highest BCUT2D eigenvalue weighted by Gasteiger charge is 2.29. The molecule has 0 fully saturated rings. The van der Waals surface area contributed by atoms with Gasteiger partial charge in [0.15, 0.2) is 0 Å². The number of likely N-dealkylation sites (N-methyl/N-ethyl adjacent to an activating group) is 1. The number of hydrogen-bond donors (Lipinski definition) is 2. The highest BCUT2D eigenvalue weighted by atomic mass is 32.2. The van der Waals surface area contributed by atoms with Crippen LogP contribution < -0.4 is 4.72 Å². The number of aliphatic carboxylic acids is 1. The van der Waals surface area contributed by atoms with Crippen molar-refractivity contribution in [2.45, 2.75) is 45.7 Å². The Balaban J connectivity index is 4.78. The number of nitrogens with zero attached hydrogens (tertiary/aromatic N) is 1. The summed E-state index contributed by atoms with van der Waals surface area (Å²) in [6, 6.07) is -1.93. The van der Waals surface area contributed by atoms with E-state index in [2.05, 4.69) is 4.72 Å². The largest absolute Gasteiger partial charge is 0.480 e. The summed E-state index contributed by atoms with van der Waals surface area (Å²) >= 11 is 0.